The van der Waals surface area contributed by atoms with Gasteiger partial charge >= 0.3 is 0 Å². The first-order chi connectivity index (χ1) is 7.18. The number of rotatable bonds is 1. The maximum Gasteiger partial charge on any atom is 0.231 e. The maximum atomic E-state index is 11.6. The van der Waals surface area contributed by atoms with E-state index in [0.717, 1.165) is 5.56 Å². The van der Waals surface area contributed by atoms with Crippen LogP contribution < -0.4 is 5.73 Å². The molecule has 0 fully saturated rings. The molecule has 0 aliphatic carbocycles. The minimum absolute atomic E-state index is 0.0105. The quantitative estimate of drug-likeness (QED) is 0.737. The van der Waals surface area contributed by atoms with Gasteiger partial charge in [-0.1, -0.05) is 30.3 Å². The largest absolute Gasteiger partial charge is 0.369 e. The summed E-state index contributed by atoms with van der Waals surface area (Å²) < 4.78 is 0. The first kappa shape index (κ1) is 9.71. The highest BCUT2D eigenvalue weighted by Crippen LogP contribution is 2.24. The summed E-state index contributed by atoms with van der Waals surface area (Å²) in [6, 6.07) is 9.59. The lowest BCUT2D eigenvalue weighted by molar-refractivity contribution is -0.127. The molecule has 78 valence electrons. The Balaban J connectivity index is 2.30. The van der Waals surface area contributed by atoms with Crippen LogP contribution in [-0.4, -0.2) is 23.8 Å². The van der Waals surface area contributed by atoms with E-state index in [-0.39, 0.29) is 11.9 Å². The van der Waals surface area contributed by atoms with Crippen LogP contribution in [0.5, 0.6) is 0 Å². The highest BCUT2D eigenvalue weighted by atomic mass is 16.2. The Hall–Kier alpha value is -1.84. The molecule has 1 aliphatic rings. The first-order valence-electron chi connectivity index (χ1n) is 4.83. The fourth-order valence-electron chi connectivity index (χ4n) is 1.59. The van der Waals surface area contributed by atoms with Crippen molar-refractivity contribution in [3.8, 4) is 0 Å². The van der Waals surface area contributed by atoms with Crippen LogP contribution in [0.25, 0.3) is 0 Å². The number of aliphatic imine (C=N–C) groups is 1. The molecule has 1 heterocycles. The van der Waals surface area contributed by atoms with Crippen molar-refractivity contribution in [3.05, 3.63) is 35.9 Å². The van der Waals surface area contributed by atoms with Gasteiger partial charge in [0.1, 0.15) is 0 Å². The van der Waals surface area contributed by atoms with E-state index in [1.807, 2.05) is 30.3 Å². The van der Waals surface area contributed by atoms with Crippen molar-refractivity contribution < 1.29 is 4.79 Å². The van der Waals surface area contributed by atoms with Crippen LogP contribution >= 0.6 is 0 Å². The summed E-state index contributed by atoms with van der Waals surface area (Å²) in [5, 5.41) is 0. The second kappa shape index (κ2) is 3.73. The number of amides is 1. The number of carbonyl (C=O) groups is 1. The van der Waals surface area contributed by atoms with E-state index in [2.05, 4.69) is 4.99 Å². The number of nitrogens with zero attached hydrogens (tertiary/aromatic N) is 2. The van der Waals surface area contributed by atoms with Crippen LogP contribution in [0.3, 0.4) is 0 Å². The highest BCUT2D eigenvalue weighted by molar-refractivity contribution is 5.98. The van der Waals surface area contributed by atoms with Gasteiger partial charge in [0.2, 0.25) is 5.91 Å². The molecular formula is C11H13N3O. The summed E-state index contributed by atoms with van der Waals surface area (Å²) in [5.74, 6) is 0.302. The first-order valence-corrected chi connectivity index (χ1v) is 4.83. The minimum Gasteiger partial charge on any atom is -0.369 e. The van der Waals surface area contributed by atoms with Crippen LogP contribution in [0.1, 0.15) is 18.0 Å². The number of nitrogens with two attached hydrogens (primary N) is 1. The maximum absolute atomic E-state index is 11.6. The van der Waals surface area contributed by atoms with Gasteiger partial charge in [0.25, 0.3) is 0 Å². The van der Waals surface area contributed by atoms with Crippen LogP contribution in [0.2, 0.25) is 0 Å². The molecule has 1 amide bonds. The van der Waals surface area contributed by atoms with Crippen molar-refractivity contribution in [1.82, 2.24) is 4.90 Å². The molecule has 2 N–H and O–H groups in total. The Kier molecular flexibility index (Phi) is 2.41. The summed E-state index contributed by atoms with van der Waals surface area (Å²) in [5.41, 5.74) is 6.68. The number of guanidine groups is 1. The van der Waals surface area contributed by atoms with Crippen molar-refractivity contribution in [2.75, 3.05) is 7.05 Å². The van der Waals surface area contributed by atoms with Gasteiger partial charge in [-0.2, -0.15) is 0 Å². The zero-order valence-electron chi connectivity index (χ0n) is 8.55. The lowest BCUT2D eigenvalue weighted by Crippen LogP contribution is -2.42. The van der Waals surface area contributed by atoms with Gasteiger partial charge in [-0.15, -0.1) is 0 Å². The lowest BCUT2D eigenvalue weighted by atomic mass is 10.0. The molecule has 1 aromatic rings. The fourth-order valence-corrected chi connectivity index (χ4v) is 1.59. The SMILES string of the molecule is CN1C(=O)CC(c2ccccc2)N=C1N. The normalized spacial score (nSPS) is 21.4. The Bertz CT molecular complexity index is 400. The van der Waals surface area contributed by atoms with Gasteiger partial charge in [0.15, 0.2) is 5.96 Å². The summed E-state index contributed by atoms with van der Waals surface area (Å²) in [4.78, 5) is 17.2. The number of hydrogen-bond donors (Lipinski definition) is 1. The summed E-state index contributed by atoms with van der Waals surface area (Å²) >= 11 is 0. The predicted octanol–water partition coefficient (Wildman–Crippen LogP) is 0.904. The summed E-state index contributed by atoms with van der Waals surface area (Å²) in [6.07, 6.45) is 0.390. The monoisotopic (exact) mass is 203 g/mol. The van der Waals surface area contributed by atoms with E-state index in [1.54, 1.807) is 7.05 Å². The molecular weight excluding hydrogens is 190 g/mol. The van der Waals surface area contributed by atoms with E-state index >= 15 is 0 Å². The predicted molar refractivity (Wildman–Crippen MR) is 58.2 cm³/mol. The van der Waals surface area contributed by atoms with E-state index in [0.29, 0.717) is 12.4 Å². The second-order valence-corrected chi connectivity index (χ2v) is 3.57. The van der Waals surface area contributed by atoms with Gasteiger partial charge in [0, 0.05) is 7.05 Å². The highest BCUT2D eigenvalue weighted by Gasteiger charge is 2.25. The van der Waals surface area contributed by atoms with Gasteiger partial charge in [-0.05, 0) is 5.56 Å². The van der Waals surface area contributed by atoms with E-state index in [9.17, 15) is 4.79 Å². The Morgan fingerprint density at radius 2 is 2.07 bits per heavy atom. The molecule has 0 bridgehead atoms. The molecule has 1 unspecified atom stereocenters. The van der Waals surface area contributed by atoms with E-state index in [4.69, 9.17) is 5.73 Å². The summed E-state index contributed by atoms with van der Waals surface area (Å²) in [7, 11) is 1.64. The average Bonchev–Trinajstić information content (AvgIpc) is 2.26. The zero-order chi connectivity index (χ0) is 10.8. The molecule has 0 saturated heterocycles. The third-order valence-electron chi connectivity index (χ3n) is 2.56. The van der Waals surface area contributed by atoms with E-state index < -0.39 is 0 Å². The number of hydrogen-bond acceptors (Lipinski definition) is 3. The number of carbonyl (C=O) groups excluding carboxylic acids is 1. The van der Waals surface area contributed by atoms with Gasteiger partial charge in [-0.3, -0.25) is 9.69 Å². The molecule has 4 nitrogen and oxygen atoms in total. The second-order valence-electron chi connectivity index (χ2n) is 3.57. The standard InChI is InChI=1S/C11H13N3O/c1-14-10(15)7-9(13-11(14)12)8-5-3-2-4-6-8/h2-6,9H,7H2,1H3,(H2,12,13). The van der Waals surface area contributed by atoms with Gasteiger partial charge in [-0.25, -0.2) is 4.99 Å². The molecule has 0 aromatic heterocycles. The Morgan fingerprint density at radius 3 is 2.67 bits per heavy atom. The van der Waals surface area contributed by atoms with Crippen molar-refractivity contribution in [2.24, 2.45) is 10.7 Å². The molecule has 4 heteroatoms. The van der Waals surface area contributed by atoms with Crippen LogP contribution in [0.4, 0.5) is 0 Å². The molecule has 2 rings (SSSR count). The molecule has 15 heavy (non-hydrogen) atoms. The van der Waals surface area contributed by atoms with Crippen molar-refractivity contribution in [2.45, 2.75) is 12.5 Å². The van der Waals surface area contributed by atoms with Crippen LogP contribution in [-0.2, 0) is 4.79 Å². The molecule has 1 aliphatic heterocycles. The minimum atomic E-state index is -0.130. The fraction of sp³-hybridized carbons (Fsp3) is 0.273. The van der Waals surface area contributed by atoms with Crippen LogP contribution in [0, 0.1) is 0 Å². The van der Waals surface area contributed by atoms with Crippen molar-refractivity contribution in [1.29, 1.82) is 0 Å². The molecule has 0 saturated carbocycles. The topological polar surface area (TPSA) is 58.7 Å². The third-order valence-corrected chi connectivity index (χ3v) is 2.56. The van der Waals surface area contributed by atoms with Gasteiger partial charge < -0.3 is 5.73 Å². The Morgan fingerprint density at radius 1 is 1.40 bits per heavy atom. The smallest absolute Gasteiger partial charge is 0.231 e. The molecule has 0 spiro atoms. The average molecular weight is 203 g/mol. The third kappa shape index (κ3) is 1.83. The number of benzene rings is 1. The lowest BCUT2D eigenvalue weighted by Gasteiger charge is -2.25. The Labute approximate surface area is 88.4 Å². The zero-order valence-corrected chi connectivity index (χ0v) is 8.55. The van der Waals surface area contributed by atoms with Crippen LogP contribution in [0.15, 0.2) is 35.3 Å². The van der Waals surface area contributed by atoms with Crippen molar-refractivity contribution in [3.63, 3.8) is 0 Å². The molecule has 0 radical (unpaired) electrons. The van der Waals surface area contributed by atoms with E-state index in [1.165, 1.54) is 4.90 Å². The molecule has 1 atom stereocenters. The van der Waals surface area contributed by atoms with Crippen molar-refractivity contribution >= 4 is 11.9 Å². The summed E-state index contributed by atoms with van der Waals surface area (Å²) in [6.45, 7) is 0. The molecule has 1 aromatic carbocycles. The van der Waals surface area contributed by atoms with Gasteiger partial charge in [0.05, 0.1) is 12.5 Å².